The molecule has 1 aromatic carbocycles. The fourth-order valence-corrected chi connectivity index (χ4v) is 2.72. The van der Waals surface area contributed by atoms with Crippen LogP contribution in [0.15, 0.2) is 29.2 Å². The third-order valence-electron chi connectivity index (χ3n) is 2.79. The molecule has 0 aliphatic rings. The number of sulfonamides is 1. The minimum Gasteiger partial charge on any atom is -0.350 e. The van der Waals surface area contributed by atoms with Crippen LogP contribution in [-0.2, 0) is 14.8 Å². The van der Waals surface area contributed by atoms with Gasteiger partial charge >= 0.3 is 0 Å². The second-order valence-corrected chi connectivity index (χ2v) is 8.11. The summed E-state index contributed by atoms with van der Waals surface area (Å²) in [5.41, 5.74) is 0.681. The fraction of sp³-hybridized carbons (Fsp3) is 0.533. The third kappa shape index (κ3) is 5.85. The van der Waals surface area contributed by atoms with E-state index in [1.165, 1.54) is 0 Å². The Hall–Kier alpha value is -1.40. The van der Waals surface area contributed by atoms with Crippen molar-refractivity contribution in [3.63, 3.8) is 0 Å². The van der Waals surface area contributed by atoms with E-state index in [-0.39, 0.29) is 22.9 Å². The van der Waals surface area contributed by atoms with Crippen molar-refractivity contribution in [1.29, 1.82) is 0 Å². The quantitative estimate of drug-likeness (QED) is 0.873. The Kier molecular flexibility index (Phi) is 5.53. The molecule has 0 aromatic heterocycles. The normalized spacial score (nSPS) is 12.5. The average Bonchev–Trinajstić information content (AvgIpc) is 2.34. The largest absolute Gasteiger partial charge is 0.350 e. The molecule has 2 N–H and O–H groups in total. The summed E-state index contributed by atoms with van der Waals surface area (Å²) in [6, 6.07) is 6.68. The molecular formula is C15H24N2O3S. The second kappa shape index (κ2) is 6.58. The number of nitrogens with one attached hydrogen (secondary N) is 2. The Morgan fingerprint density at radius 1 is 1.14 bits per heavy atom. The van der Waals surface area contributed by atoms with Gasteiger partial charge in [0, 0.05) is 5.54 Å². The highest BCUT2D eigenvalue weighted by atomic mass is 32.2. The zero-order valence-corrected chi connectivity index (χ0v) is 14.0. The van der Waals surface area contributed by atoms with E-state index in [2.05, 4.69) is 10.0 Å². The van der Waals surface area contributed by atoms with E-state index in [4.69, 9.17) is 0 Å². The first-order valence-electron chi connectivity index (χ1n) is 6.92. The van der Waals surface area contributed by atoms with Crippen LogP contribution in [0.4, 0.5) is 0 Å². The minimum atomic E-state index is -3.66. The predicted molar refractivity (Wildman–Crippen MR) is 83.6 cm³/mol. The van der Waals surface area contributed by atoms with E-state index >= 15 is 0 Å². The molecule has 0 saturated heterocycles. The lowest BCUT2D eigenvalue weighted by atomic mass is 10.0. The number of rotatable bonds is 5. The molecule has 0 aliphatic heterocycles. The van der Waals surface area contributed by atoms with E-state index in [9.17, 15) is 13.2 Å². The number of carbonyl (C=O) groups is 1. The van der Waals surface area contributed by atoms with Crippen LogP contribution in [0.3, 0.4) is 0 Å². The van der Waals surface area contributed by atoms with Gasteiger partial charge in [-0.25, -0.2) is 13.1 Å². The maximum absolute atomic E-state index is 12.1. The van der Waals surface area contributed by atoms with E-state index in [1.807, 2.05) is 34.6 Å². The van der Waals surface area contributed by atoms with Gasteiger partial charge in [0.25, 0.3) is 0 Å². The lowest BCUT2D eigenvalue weighted by Gasteiger charge is -2.20. The molecule has 5 nitrogen and oxygen atoms in total. The van der Waals surface area contributed by atoms with Gasteiger partial charge in [-0.3, -0.25) is 4.79 Å². The maximum atomic E-state index is 12.1. The van der Waals surface area contributed by atoms with Gasteiger partial charge in [0.1, 0.15) is 0 Å². The van der Waals surface area contributed by atoms with Gasteiger partial charge in [-0.1, -0.05) is 26.0 Å². The number of amides is 1. The molecule has 0 saturated carbocycles. The molecule has 0 fully saturated rings. The molecule has 1 aromatic rings. The Bertz CT molecular complexity index is 584. The Morgan fingerprint density at radius 3 is 2.10 bits per heavy atom. The molecule has 0 atom stereocenters. The van der Waals surface area contributed by atoms with Crippen molar-refractivity contribution in [2.24, 2.45) is 0 Å². The summed E-state index contributed by atoms with van der Waals surface area (Å²) in [4.78, 5) is 11.8. The monoisotopic (exact) mass is 312 g/mol. The van der Waals surface area contributed by atoms with Crippen LogP contribution in [0.1, 0.15) is 46.1 Å². The molecule has 0 heterocycles. The topological polar surface area (TPSA) is 75.3 Å². The standard InChI is InChI=1S/C15H24N2O3S/c1-11(2)12-6-8-13(9-7-12)21(19,20)16-10-14(18)17-15(3,4)5/h6-9,11,16H,10H2,1-5H3,(H,17,18). The first kappa shape index (κ1) is 17.7. The summed E-state index contributed by atoms with van der Waals surface area (Å²) < 4.78 is 26.5. The number of hydrogen-bond acceptors (Lipinski definition) is 3. The van der Waals surface area contributed by atoms with Gasteiger partial charge in [-0.2, -0.15) is 0 Å². The van der Waals surface area contributed by atoms with Crippen molar-refractivity contribution in [1.82, 2.24) is 10.0 Å². The highest BCUT2D eigenvalue weighted by Crippen LogP contribution is 2.17. The smallest absolute Gasteiger partial charge is 0.241 e. The number of carbonyl (C=O) groups excluding carboxylic acids is 1. The van der Waals surface area contributed by atoms with Crippen LogP contribution >= 0.6 is 0 Å². The molecule has 118 valence electrons. The molecule has 21 heavy (non-hydrogen) atoms. The maximum Gasteiger partial charge on any atom is 0.241 e. The van der Waals surface area contributed by atoms with Gasteiger partial charge in [0.05, 0.1) is 11.4 Å². The van der Waals surface area contributed by atoms with E-state index in [1.54, 1.807) is 24.3 Å². The molecular weight excluding hydrogens is 288 g/mol. The van der Waals surface area contributed by atoms with Gasteiger partial charge in [0.2, 0.25) is 15.9 Å². The SMILES string of the molecule is CC(C)c1ccc(S(=O)(=O)NCC(=O)NC(C)(C)C)cc1. The molecule has 1 amide bonds. The summed E-state index contributed by atoms with van der Waals surface area (Å²) in [7, 11) is -3.66. The molecule has 0 aliphatic carbocycles. The van der Waals surface area contributed by atoms with Crippen LogP contribution in [0.2, 0.25) is 0 Å². The number of benzene rings is 1. The van der Waals surface area contributed by atoms with Crippen LogP contribution < -0.4 is 10.0 Å². The van der Waals surface area contributed by atoms with Crippen molar-refractivity contribution in [3.05, 3.63) is 29.8 Å². The molecule has 6 heteroatoms. The van der Waals surface area contributed by atoms with Crippen LogP contribution in [0.5, 0.6) is 0 Å². The zero-order chi connectivity index (χ0) is 16.3. The lowest BCUT2D eigenvalue weighted by molar-refractivity contribution is -0.121. The summed E-state index contributed by atoms with van der Waals surface area (Å²) in [5.74, 6) is -0.0165. The molecule has 1 rings (SSSR count). The zero-order valence-electron chi connectivity index (χ0n) is 13.2. The van der Waals surface area contributed by atoms with Crippen LogP contribution in [0.25, 0.3) is 0 Å². The second-order valence-electron chi connectivity index (χ2n) is 6.35. The Labute approximate surface area is 127 Å². The number of hydrogen-bond donors (Lipinski definition) is 2. The third-order valence-corrected chi connectivity index (χ3v) is 4.21. The summed E-state index contributed by atoms with van der Waals surface area (Å²) in [6.07, 6.45) is 0. The first-order valence-corrected chi connectivity index (χ1v) is 8.40. The van der Waals surface area contributed by atoms with Gasteiger partial charge in [0.15, 0.2) is 0 Å². The van der Waals surface area contributed by atoms with Crippen LogP contribution in [-0.4, -0.2) is 26.4 Å². The van der Waals surface area contributed by atoms with Crippen molar-refractivity contribution in [3.8, 4) is 0 Å². The molecule has 0 bridgehead atoms. The van der Waals surface area contributed by atoms with E-state index in [0.717, 1.165) is 5.56 Å². The molecule has 0 radical (unpaired) electrons. The van der Waals surface area contributed by atoms with Crippen molar-refractivity contribution >= 4 is 15.9 Å². The Morgan fingerprint density at radius 2 is 1.67 bits per heavy atom. The van der Waals surface area contributed by atoms with Gasteiger partial charge < -0.3 is 5.32 Å². The van der Waals surface area contributed by atoms with Crippen molar-refractivity contribution in [2.75, 3.05) is 6.54 Å². The highest BCUT2D eigenvalue weighted by Gasteiger charge is 2.18. The predicted octanol–water partition coefficient (Wildman–Crippen LogP) is 2.00. The lowest BCUT2D eigenvalue weighted by Crippen LogP contribution is -2.45. The minimum absolute atomic E-state index is 0.162. The average molecular weight is 312 g/mol. The van der Waals surface area contributed by atoms with E-state index in [0.29, 0.717) is 5.92 Å². The fourth-order valence-electron chi connectivity index (χ4n) is 1.74. The van der Waals surface area contributed by atoms with E-state index < -0.39 is 10.0 Å². The summed E-state index contributed by atoms with van der Waals surface area (Å²) in [5, 5.41) is 2.70. The molecule has 0 unspecified atom stereocenters. The van der Waals surface area contributed by atoms with Gasteiger partial charge in [-0.05, 0) is 44.4 Å². The molecule has 0 spiro atoms. The summed E-state index contributed by atoms with van der Waals surface area (Å²) in [6.45, 7) is 9.32. The van der Waals surface area contributed by atoms with Crippen LogP contribution in [0, 0.1) is 0 Å². The summed E-state index contributed by atoms with van der Waals surface area (Å²) >= 11 is 0. The van der Waals surface area contributed by atoms with Crippen molar-refractivity contribution in [2.45, 2.75) is 51.0 Å². The Balaban J connectivity index is 2.71. The van der Waals surface area contributed by atoms with Crippen molar-refractivity contribution < 1.29 is 13.2 Å². The highest BCUT2D eigenvalue weighted by molar-refractivity contribution is 7.89. The van der Waals surface area contributed by atoms with Gasteiger partial charge in [-0.15, -0.1) is 0 Å². The first-order chi connectivity index (χ1) is 9.51.